The van der Waals surface area contributed by atoms with Crippen LogP contribution in [-0.2, 0) is 25.0 Å². The standard InChI is InChI=1S/C23H24N2O5S2/c1-4-30-22(27)23(11-12-23)16-5-7-17(8-6-16)24-21(26)20-14-15-13-18(9-10-19(15)31-20)25(2)32(3,28)29/h5-10,13-14H,4,11-12H2,1-3H3,(H,24,26). The zero-order valence-electron chi connectivity index (χ0n) is 18.0. The van der Waals surface area contributed by atoms with E-state index >= 15 is 0 Å². The highest BCUT2D eigenvalue weighted by atomic mass is 32.2. The van der Waals surface area contributed by atoms with Gasteiger partial charge in [0, 0.05) is 17.4 Å². The van der Waals surface area contributed by atoms with Crippen LogP contribution in [0.3, 0.4) is 0 Å². The lowest BCUT2D eigenvalue weighted by Crippen LogP contribution is -2.24. The van der Waals surface area contributed by atoms with Crippen molar-refractivity contribution in [1.82, 2.24) is 0 Å². The molecule has 4 rings (SSSR count). The topological polar surface area (TPSA) is 92.8 Å². The number of ether oxygens (including phenoxy) is 1. The molecule has 1 aromatic heterocycles. The summed E-state index contributed by atoms with van der Waals surface area (Å²) >= 11 is 1.34. The van der Waals surface area contributed by atoms with E-state index in [0.29, 0.717) is 22.9 Å². The second-order valence-corrected chi connectivity index (χ2v) is 11.0. The minimum absolute atomic E-state index is 0.192. The highest BCUT2D eigenvalue weighted by molar-refractivity contribution is 7.92. The van der Waals surface area contributed by atoms with Crippen molar-refractivity contribution in [2.75, 3.05) is 29.5 Å². The average molecular weight is 473 g/mol. The molecule has 1 amide bonds. The molecule has 1 fully saturated rings. The van der Waals surface area contributed by atoms with Crippen molar-refractivity contribution in [2.24, 2.45) is 0 Å². The van der Waals surface area contributed by atoms with Gasteiger partial charge in [0.25, 0.3) is 5.91 Å². The molecule has 2 aromatic carbocycles. The summed E-state index contributed by atoms with van der Waals surface area (Å²) in [6.07, 6.45) is 2.69. The van der Waals surface area contributed by atoms with E-state index in [1.54, 1.807) is 37.3 Å². The van der Waals surface area contributed by atoms with Gasteiger partial charge < -0.3 is 10.1 Å². The van der Waals surface area contributed by atoms with Gasteiger partial charge in [0.15, 0.2) is 0 Å². The first kappa shape index (κ1) is 22.3. The number of nitrogens with zero attached hydrogens (tertiary/aromatic N) is 1. The SMILES string of the molecule is CCOC(=O)C1(c2ccc(NC(=O)c3cc4cc(N(C)S(C)(=O)=O)ccc4s3)cc2)CC1. The molecule has 1 heterocycles. The number of anilines is 2. The highest BCUT2D eigenvalue weighted by Crippen LogP contribution is 2.49. The molecule has 0 radical (unpaired) electrons. The van der Waals surface area contributed by atoms with Crippen LogP contribution in [0.5, 0.6) is 0 Å². The fraction of sp³-hybridized carbons (Fsp3) is 0.304. The molecule has 1 aliphatic rings. The molecule has 3 aromatic rings. The lowest BCUT2D eigenvalue weighted by molar-refractivity contribution is -0.146. The molecule has 0 bridgehead atoms. The smallest absolute Gasteiger partial charge is 0.316 e. The Kier molecular flexibility index (Phi) is 5.72. The number of esters is 1. The van der Waals surface area contributed by atoms with Crippen LogP contribution >= 0.6 is 11.3 Å². The quantitative estimate of drug-likeness (QED) is 0.522. The summed E-state index contributed by atoms with van der Waals surface area (Å²) in [5, 5.41) is 3.68. The summed E-state index contributed by atoms with van der Waals surface area (Å²) in [5.74, 6) is -0.438. The van der Waals surface area contributed by atoms with E-state index in [1.165, 1.54) is 22.7 Å². The first-order chi connectivity index (χ1) is 15.1. The summed E-state index contributed by atoms with van der Waals surface area (Å²) < 4.78 is 30.9. The Morgan fingerprint density at radius 1 is 1.12 bits per heavy atom. The first-order valence-electron chi connectivity index (χ1n) is 10.2. The number of nitrogens with one attached hydrogen (secondary N) is 1. The Balaban J connectivity index is 1.50. The van der Waals surface area contributed by atoms with Gasteiger partial charge in [-0.25, -0.2) is 8.42 Å². The van der Waals surface area contributed by atoms with Crippen molar-refractivity contribution in [3.8, 4) is 0 Å². The van der Waals surface area contributed by atoms with E-state index in [9.17, 15) is 18.0 Å². The third kappa shape index (κ3) is 4.22. The van der Waals surface area contributed by atoms with Gasteiger partial charge in [-0.05, 0) is 67.1 Å². The minimum Gasteiger partial charge on any atom is -0.465 e. The van der Waals surface area contributed by atoms with E-state index in [0.717, 1.165) is 34.7 Å². The first-order valence-corrected chi connectivity index (χ1v) is 12.9. The fourth-order valence-electron chi connectivity index (χ4n) is 3.60. The highest BCUT2D eigenvalue weighted by Gasteiger charge is 2.52. The van der Waals surface area contributed by atoms with E-state index in [1.807, 2.05) is 18.2 Å². The molecule has 9 heteroatoms. The zero-order chi connectivity index (χ0) is 23.1. The van der Waals surface area contributed by atoms with Crippen LogP contribution < -0.4 is 9.62 Å². The number of hydrogen-bond donors (Lipinski definition) is 1. The van der Waals surface area contributed by atoms with Gasteiger partial charge in [-0.15, -0.1) is 11.3 Å². The lowest BCUT2D eigenvalue weighted by Gasteiger charge is -2.16. The summed E-state index contributed by atoms with van der Waals surface area (Å²) in [6.45, 7) is 2.15. The predicted molar refractivity (Wildman–Crippen MR) is 127 cm³/mol. The normalized spacial score (nSPS) is 14.7. The maximum absolute atomic E-state index is 12.8. The van der Waals surface area contributed by atoms with Gasteiger partial charge in [-0.1, -0.05) is 12.1 Å². The molecule has 0 spiro atoms. The molecule has 32 heavy (non-hydrogen) atoms. The Morgan fingerprint density at radius 3 is 2.41 bits per heavy atom. The molecular formula is C23H24N2O5S2. The summed E-state index contributed by atoms with van der Waals surface area (Å²) in [7, 11) is -1.87. The van der Waals surface area contributed by atoms with Gasteiger partial charge >= 0.3 is 5.97 Å². The molecule has 0 unspecified atom stereocenters. The third-order valence-corrected chi connectivity index (χ3v) is 8.02. The minimum atomic E-state index is -3.36. The average Bonchev–Trinajstić information content (AvgIpc) is 3.45. The molecule has 1 N–H and O–H groups in total. The number of fused-ring (bicyclic) bond motifs is 1. The number of carbonyl (C=O) groups excluding carboxylic acids is 2. The van der Waals surface area contributed by atoms with E-state index in [2.05, 4.69) is 5.32 Å². The number of benzene rings is 2. The fourth-order valence-corrected chi connectivity index (χ4v) is 5.04. The zero-order valence-corrected chi connectivity index (χ0v) is 19.7. The predicted octanol–water partition coefficient (Wildman–Crippen LogP) is 4.14. The van der Waals surface area contributed by atoms with Crippen LogP contribution in [-0.4, -0.2) is 40.2 Å². The Morgan fingerprint density at radius 2 is 1.81 bits per heavy atom. The van der Waals surface area contributed by atoms with E-state index < -0.39 is 15.4 Å². The Labute approximate surface area is 191 Å². The Bertz CT molecular complexity index is 1290. The maximum Gasteiger partial charge on any atom is 0.316 e. The van der Waals surface area contributed by atoms with Crippen LogP contribution in [0.4, 0.5) is 11.4 Å². The van der Waals surface area contributed by atoms with Gasteiger partial charge in [-0.2, -0.15) is 0 Å². The Hall–Kier alpha value is -2.91. The second kappa shape index (κ2) is 8.22. The third-order valence-electron chi connectivity index (χ3n) is 5.70. The molecule has 0 atom stereocenters. The number of thiophene rings is 1. The number of rotatable bonds is 7. The number of amides is 1. The van der Waals surface area contributed by atoms with E-state index in [4.69, 9.17) is 4.74 Å². The summed E-state index contributed by atoms with van der Waals surface area (Å²) in [6, 6.07) is 14.3. The van der Waals surface area contributed by atoms with Crippen LogP contribution in [0.15, 0.2) is 48.5 Å². The number of sulfonamides is 1. The molecule has 1 aliphatic carbocycles. The van der Waals surface area contributed by atoms with Crippen LogP contribution in [0, 0.1) is 0 Å². The summed E-state index contributed by atoms with van der Waals surface area (Å²) in [5.41, 5.74) is 1.53. The van der Waals surface area contributed by atoms with Gasteiger partial charge in [-0.3, -0.25) is 13.9 Å². The molecule has 1 saturated carbocycles. The van der Waals surface area contributed by atoms with Gasteiger partial charge in [0.2, 0.25) is 10.0 Å². The molecule has 168 valence electrons. The molecule has 7 nitrogen and oxygen atoms in total. The second-order valence-electron chi connectivity index (χ2n) is 7.90. The van der Waals surface area contributed by atoms with Crippen LogP contribution in [0.1, 0.15) is 35.0 Å². The van der Waals surface area contributed by atoms with Crippen molar-refractivity contribution in [3.63, 3.8) is 0 Å². The summed E-state index contributed by atoms with van der Waals surface area (Å²) in [4.78, 5) is 25.5. The van der Waals surface area contributed by atoms with Gasteiger partial charge in [0.05, 0.1) is 28.8 Å². The van der Waals surface area contributed by atoms with Crippen LogP contribution in [0.2, 0.25) is 0 Å². The largest absolute Gasteiger partial charge is 0.465 e. The number of hydrogen-bond acceptors (Lipinski definition) is 6. The molecule has 0 saturated heterocycles. The molecule has 0 aliphatic heterocycles. The van der Waals surface area contributed by atoms with Gasteiger partial charge in [0.1, 0.15) is 0 Å². The van der Waals surface area contributed by atoms with E-state index in [-0.39, 0.29) is 11.9 Å². The molecular weight excluding hydrogens is 448 g/mol. The lowest BCUT2D eigenvalue weighted by atomic mass is 9.96. The van der Waals surface area contributed by atoms with Crippen molar-refractivity contribution >= 4 is 54.7 Å². The number of carbonyl (C=O) groups is 2. The van der Waals surface area contributed by atoms with Crippen molar-refractivity contribution in [3.05, 3.63) is 59.0 Å². The van der Waals surface area contributed by atoms with Crippen LogP contribution in [0.25, 0.3) is 10.1 Å². The van der Waals surface area contributed by atoms with Crippen molar-refractivity contribution in [1.29, 1.82) is 0 Å². The van der Waals surface area contributed by atoms with Crippen molar-refractivity contribution in [2.45, 2.75) is 25.2 Å². The monoisotopic (exact) mass is 472 g/mol. The maximum atomic E-state index is 12.8. The van der Waals surface area contributed by atoms with Crippen molar-refractivity contribution < 1.29 is 22.7 Å².